The van der Waals surface area contributed by atoms with E-state index >= 15 is 0 Å². The van der Waals surface area contributed by atoms with Crippen molar-refractivity contribution in [3.05, 3.63) is 33.4 Å². The fourth-order valence-electron chi connectivity index (χ4n) is 3.63. The molecule has 1 aliphatic rings. The van der Waals surface area contributed by atoms with Crippen molar-refractivity contribution in [3.8, 4) is 6.07 Å². The first kappa shape index (κ1) is 16.8. The summed E-state index contributed by atoms with van der Waals surface area (Å²) >= 11 is 2.26. The lowest BCUT2D eigenvalue weighted by Crippen LogP contribution is -2.45. The lowest BCUT2D eigenvalue weighted by atomic mass is 9.60. The van der Waals surface area contributed by atoms with E-state index in [0.717, 1.165) is 40.7 Å². The molecule has 1 aliphatic carbocycles. The number of nitrogens with zero attached hydrogens (tertiary/aromatic N) is 1. The molecule has 1 fully saturated rings. The van der Waals surface area contributed by atoms with Gasteiger partial charge in [0.1, 0.15) is 5.60 Å². The van der Waals surface area contributed by atoms with Crippen molar-refractivity contribution in [2.24, 2.45) is 11.3 Å². The molecule has 2 nitrogen and oxygen atoms in total. The monoisotopic (exact) mass is 397 g/mol. The average molecular weight is 397 g/mol. The topological polar surface area (TPSA) is 44.0 Å². The van der Waals surface area contributed by atoms with Crippen LogP contribution in [-0.2, 0) is 5.60 Å². The molecule has 3 heteroatoms. The predicted octanol–water partition coefficient (Wildman–Crippen LogP) is 5.00. The summed E-state index contributed by atoms with van der Waals surface area (Å²) in [5.74, 6) is 0.726. The molecule has 0 heterocycles. The molecule has 0 radical (unpaired) electrons. The molecule has 1 unspecified atom stereocenters. The molecule has 1 atom stereocenters. The smallest absolute Gasteiger partial charge is 0.105 e. The fraction of sp³-hybridized carbons (Fsp3) is 0.611. The van der Waals surface area contributed by atoms with Gasteiger partial charge in [0.2, 0.25) is 0 Å². The van der Waals surface area contributed by atoms with Crippen LogP contribution in [0.2, 0.25) is 0 Å². The van der Waals surface area contributed by atoms with E-state index in [1.165, 1.54) is 12.8 Å². The molecule has 1 N–H and O–H groups in total. The van der Waals surface area contributed by atoms with Crippen LogP contribution in [0.4, 0.5) is 0 Å². The van der Waals surface area contributed by atoms with Crippen molar-refractivity contribution in [2.75, 3.05) is 0 Å². The average Bonchev–Trinajstić information content (AvgIpc) is 2.49. The highest BCUT2D eigenvalue weighted by Crippen LogP contribution is 2.51. The third-order valence-electron chi connectivity index (χ3n) is 5.21. The Kier molecular flexibility index (Phi) is 5.32. The second kappa shape index (κ2) is 6.66. The second-order valence-corrected chi connectivity index (χ2v) is 7.75. The summed E-state index contributed by atoms with van der Waals surface area (Å²) in [6.07, 6.45) is 6.16. The number of benzene rings is 1. The Balaban J connectivity index is 2.24. The molecule has 1 aromatic rings. The summed E-state index contributed by atoms with van der Waals surface area (Å²) in [6.45, 7) is 4.03. The van der Waals surface area contributed by atoms with Gasteiger partial charge in [-0.25, -0.2) is 0 Å². The third-order valence-corrected chi connectivity index (χ3v) is 5.93. The molecule has 0 saturated heterocycles. The normalized spacial score (nSPS) is 28.6. The van der Waals surface area contributed by atoms with Crippen molar-refractivity contribution >= 4 is 22.6 Å². The standard InChI is InChI=1S/C18H24INO/c1-3-4-14-9-11-18(13-20,12-10-14)17(2,21)15-5-7-16(19)8-6-15/h5-8,14,21H,3-4,9-12H2,1-2H3. The molecular weight excluding hydrogens is 373 g/mol. The van der Waals surface area contributed by atoms with Gasteiger partial charge in [-0.2, -0.15) is 5.26 Å². The summed E-state index contributed by atoms with van der Waals surface area (Å²) in [5.41, 5.74) is -0.869. The third kappa shape index (κ3) is 3.27. The van der Waals surface area contributed by atoms with Gasteiger partial charge in [0.15, 0.2) is 0 Å². The highest BCUT2D eigenvalue weighted by atomic mass is 127. The van der Waals surface area contributed by atoms with Crippen LogP contribution >= 0.6 is 22.6 Å². The van der Waals surface area contributed by atoms with Gasteiger partial charge in [0, 0.05) is 3.57 Å². The molecule has 21 heavy (non-hydrogen) atoms. The van der Waals surface area contributed by atoms with Crippen LogP contribution < -0.4 is 0 Å². The van der Waals surface area contributed by atoms with Crippen molar-refractivity contribution in [1.29, 1.82) is 5.26 Å². The van der Waals surface area contributed by atoms with Crippen LogP contribution in [0.3, 0.4) is 0 Å². The maximum atomic E-state index is 11.1. The zero-order valence-corrected chi connectivity index (χ0v) is 15.1. The molecule has 0 aromatic heterocycles. The van der Waals surface area contributed by atoms with Crippen molar-refractivity contribution < 1.29 is 5.11 Å². The summed E-state index contributed by atoms with van der Waals surface area (Å²) < 4.78 is 1.14. The second-order valence-electron chi connectivity index (χ2n) is 6.51. The molecule has 1 aromatic carbocycles. The number of hydrogen-bond acceptors (Lipinski definition) is 2. The summed E-state index contributed by atoms with van der Waals surface area (Å²) in [5, 5.41) is 20.9. The Morgan fingerprint density at radius 2 is 1.90 bits per heavy atom. The van der Waals surface area contributed by atoms with Gasteiger partial charge >= 0.3 is 0 Å². The zero-order valence-electron chi connectivity index (χ0n) is 12.9. The molecular formula is C18H24INO. The molecule has 0 bridgehead atoms. The van der Waals surface area contributed by atoms with Crippen LogP contribution in [0.1, 0.15) is 57.9 Å². The number of aliphatic hydroxyl groups is 1. The van der Waals surface area contributed by atoms with Crippen molar-refractivity contribution in [3.63, 3.8) is 0 Å². The van der Waals surface area contributed by atoms with E-state index in [9.17, 15) is 10.4 Å². The molecule has 1 saturated carbocycles. The first-order valence-electron chi connectivity index (χ1n) is 7.85. The molecule has 0 amide bonds. The maximum absolute atomic E-state index is 11.1. The predicted molar refractivity (Wildman–Crippen MR) is 93.6 cm³/mol. The van der Waals surface area contributed by atoms with Gasteiger partial charge < -0.3 is 5.11 Å². The van der Waals surface area contributed by atoms with Gasteiger partial charge in [0.25, 0.3) is 0 Å². The highest BCUT2D eigenvalue weighted by Gasteiger charge is 2.50. The van der Waals surface area contributed by atoms with E-state index in [1.807, 2.05) is 31.2 Å². The van der Waals surface area contributed by atoms with E-state index in [0.29, 0.717) is 0 Å². The minimum Gasteiger partial charge on any atom is -0.384 e. The first-order valence-corrected chi connectivity index (χ1v) is 8.93. The Morgan fingerprint density at radius 1 is 1.33 bits per heavy atom. The number of rotatable bonds is 4. The van der Waals surface area contributed by atoms with E-state index in [-0.39, 0.29) is 0 Å². The van der Waals surface area contributed by atoms with Crippen molar-refractivity contribution in [2.45, 2.75) is 58.0 Å². The Bertz CT molecular complexity index is 507. The molecule has 0 spiro atoms. The fourth-order valence-corrected chi connectivity index (χ4v) is 3.99. The van der Waals surface area contributed by atoms with Crippen LogP contribution in [0.5, 0.6) is 0 Å². The Morgan fingerprint density at radius 3 is 2.38 bits per heavy atom. The summed E-state index contributed by atoms with van der Waals surface area (Å²) in [6, 6.07) is 10.4. The molecule has 2 rings (SSSR count). The minimum atomic E-state index is -1.08. The zero-order chi connectivity index (χ0) is 15.5. The Labute approximate surface area is 141 Å². The van der Waals surface area contributed by atoms with Gasteiger partial charge in [0.05, 0.1) is 11.5 Å². The number of nitriles is 1. The van der Waals surface area contributed by atoms with Crippen molar-refractivity contribution in [1.82, 2.24) is 0 Å². The molecule has 114 valence electrons. The van der Waals surface area contributed by atoms with E-state index in [2.05, 4.69) is 35.6 Å². The molecule has 0 aliphatic heterocycles. The summed E-state index contributed by atoms with van der Waals surface area (Å²) in [7, 11) is 0. The van der Waals surface area contributed by atoms with Crippen LogP contribution in [0.25, 0.3) is 0 Å². The maximum Gasteiger partial charge on any atom is 0.105 e. The van der Waals surface area contributed by atoms with Gasteiger partial charge in [-0.1, -0.05) is 31.9 Å². The summed E-state index contributed by atoms with van der Waals surface area (Å²) in [4.78, 5) is 0. The van der Waals surface area contributed by atoms with E-state index < -0.39 is 11.0 Å². The lowest BCUT2D eigenvalue weighted by molar-refractivity contribution is -0.0700. The number of halogens is 1. The number of hydrogen-bond donors (Lipinski definition) is 1. The quantitative estimate of drug-likeness (QED) is 0.727. The van der Waals surface area contributed by atoms with E-state index in [1.54, 1.807) is 0 Å². The first-order chi connectivity index (χ1) is 9.95. The lowest BCUT2D eigenvalue weighted by Gasteiger charge is -2.45. The minimum absolute atomic E-state index is 0.649. The highest BCUT2D eigenvalue weighted by molar-refractivity contribution is 14.1. The SMILES string of the molecule is CCCC1CCC(C#N)(C(C)(O)c2ccc(I)cc2)CC1. The largest absolute Gasteiger partial charge is 0.384 e. The van der Waals surface area contributed by atoms with Gasteiger partial charge in [-0.05, 0) is 78.8 Å². The van der Waals surface area contributed by atoms with Gasteiger partial charge in [-0.3, -0.25) is 0 Å². The van der Waals surface area contributed by atoms with E-state index in [4.69, 9.17) is 0 Å². The van der Waals surface area contributed by atoms with Crippen LogP contribution in [0.15, 0.2) is 24.3 Å². The van der Waals surface area contributed by atoms with Gasteiger partial charge in [-0.15, -0.1) is 0 Å². The van der Waals surface area contributed by atoms with Crippen LogP contribution in [0, 0.1) is 26.2 Å². The Hall–Kier alpha value is -0.600. The van der Waals surface area contributed by atoms with Crippen LogP contribution in [-0.4, -0.2) is 5.11 Å².